The van der Waals surface area contributed by atoms with Gasteiger partial charge in [-0.25, -0.2) is 9.78 Å². The number of cyclic esters (lactones) is 1. The molecule has 0 aromatic carbocycles. The van der Waals surface area contributed by atoms with Crippen molar-refractivity contribution in [3.63, 3.8) is 0 Å². The molecule has 1 aliphatic heterocycles. The van der Waals surface area contributed by atoms with Gasteiger partial charge in [-0.15, -0.1) is 0 Å². The first-order chi connectivity index (χ1) is 14.2. The molecule has 0 saturated carbocycles. The van der Waals surface area contributed by atoms with Crippen LogP contribution in [0.3, 0.4) is 0 Å². The van der Waals surface area contributed by atoms with E-state index in [9.17, 15) is 4.79 Å². The molecule has 0 bridgehead atoms. The minimum atomic E-state index is -0.563. The van der Waals surface area contributed by atoms with Crippen LogP contribution < -0.4 is 10.5 Å². The number of ether oxygens (including phenoxy) is 2. The summed E-state index contributed by atoms with van der Waals surface area (Å²) in [7, 11) is 1.59. The van der Waals surface area contributed by atoms with Crippen LogP contribution in [-0.2, 0) is 16.7 Å². The van der Waals surface area contributed by atoms with Crippen molar-refractivity contribution < 1.29 is 14.3 Å². The van der Waals surface area contributed by atoms with Gasteiger partial charge in [-0.1, -0.05) is 6.92 Å². The van der Waals surface area contributed by atoms with E-state index in [2.05, 4.69) is 9.97 Å². The summed E-state index contributed by atoms with van der Waals surface area (Å²) in [5.41, 5.74) is 9.77. The standard InChI is InChI=1S/C23H26N4O3/c1-12-13(2)30-22(28)16-7-6-14(27-20(12)16)8-15-9-17-18(10-25-15)21(29-5)26-11-19(17)23(3,4)24/h6-7,9-13H,8,24H2,1-5H3/t12-,13+/m1/s1. The van der Waals surface area contributed by atoms with Crippen LogP contribution in [0.15, 0.2) is 30.6 Å². The average Bonchev–Trinajstić information content (AvgIpc) is 2.70. The normalized spacial score (nSPS) is 18.8. The third-order valence-corrected chi connectivity index (χ3v) is 5.67. The summed E-state index contributed by atoms with van der Waals surface area (Å²) < 4.78 is 10.8. The van der Waals surface area contributed by atoms with Crippen molar-refractivity contribution in [2.45, 2.75) is 51.7 Å². The van der Waals surface area contributed by atoms with E-state index in [0.717, 1.165) is 33.4 Å². The van der Waals surface area contributed by atoms with Gasteiger partial charge in [-0.05, 0) is 49.9 Å². The Morgan fingerprint density at radius 2 is 1.90 bits per heavy atom. The molecule has 0 spiro atoms. The second-order valence-electron chi connectivity index (χ2n) is 8.44. The number of rotatable bonds is 4. The van der Waals surface area contributed by atoms with Gasteiger partial charge in [0.05, 0.1) is 23.8 Å². The molecule has 3 aromatic rings. The number of methoxy groups -OCH3 is 1. The molecular formula is C23H26N4O3. The van der Waals surface area contributed by atoms with Crippen LogP contribution in [0.25, 0.3) is 10.8 Å². The summed E-state index contributed by atoms with van der Waals surface area (Å²) in [4.78, 5) is 25.9. The maximum Gasteiger partial charge on any atom is 0.340 e. The number of fused-ring (bicyclic) bond motifs is 2. The van der Waals surface area contributed by atoms with Crippen LogP contribution in [0, 0.1) is 0 Å². The molecule has 1 aliphatic rings. The van der Waals surface area contributed by atoms with Gasteiger partial charge in [0.2, 0.25) is 5.88 Å². The maximum absolute atomic E-state index is 12.1. The highest BCUT2D eigenvalue weighted by Gasteiger charge is 2.31. The van der Waals surface area contributed by atoms with Crippen molar-refractivity contribution in [3.05, 3.63) is 58.8 Å². The van der Waals surface area contributed by atoms with Gasteiger partial charge in [0.15, 0.2) is 0 Å². The molecule has 7 heteroatoms. The second-order valence-corrected chi connectivity index (χ2v) is 8.44. The molecule has 2 N–H and O–H groups in total. The summed E-state index contributed by atoms with van der Waals surface area (Å²) >= 11 is 0. The number of hydrogen-bond acceptors (Lipinski definition) is 7. The van der Waals surface area contributed by atoms with Crippen molar-refractivity contribution in [1.82, 2.24) is 15.0 Å². The highest BCUT2D eigenvalue weighted by Crippen LogP contribution is 2.32. The molecule has 0 fully saturated rings. The Bertz CT molecular complexity index is 1140. The van der Waals surface area contributed by atoms with E-state index in [4.69, 9.17) is 20.2 Å². The van der Waals surface area contributed by atoms with Crippen LogP contribution >= 0.6 is 0 Å². The third-order valence-electron chi connectivity index (χ3n) is 5.67. The summed E-state index contributed by atoms with van der Waals surface area (Å²) in [5, 5.41) is 1.78. The summed E-state index contributed by atoms with van der Waals surface area (Å²) in [5.74, 6) is 0.250. The SMILES string of the molecule is COc1ncc(C(C)(C)N)c2cc(Cc3ccc4c(n3)[C@H](C)[C@H](C)OC4=O)ncc12. The third kappa shape index (κ3) is 3.50. The zero-order chi connectivity index (χ0) is 21.6. The number of aromatic nitrogens is 3. The minimum Gasteiger partial charge on any atom is -0.481 e. The quantitative estimate of drug-likeness (QED) is 0.662. The average molecular weight is 406 g/mol. The van der Waals surface area contributed by atoms with Gasteiger partial charge >= 0.3 is 5.97 Å². The Balaban J connectivity index is 1.76. The van der Waals surface area contributed by atoms with Crippen LogP contribution in [0.4, 0.5) is 0 Å². The van der Waals surface area contributed by atoms with E-state index in [1.54, 1.807) is 25.6 Å². The number of carbonyl (C=O) groups is 1. The zero-order valence-corrected chi connectivity index (χ0v) is 17.9. The molecule has 30 heavy (non-hydrogen) atoms. The number of pyridine rings is 3. The number of nitrogens with two attached hydrogens (primary N) is 1. The lowest BCUT2D eigenvalue weighted by molar-refractivity contribution is 0.0234. The molecular weight excluding hydrogens is 380 g/mol. The van der Waals surface area contributed by atoms with Crippen molar-refractivity contribution in [2.75, 3.05) is 7.11 Å². The number of esters is 1. The van der Waals surface area contributed by atoms with E-state index < -0.39 is 5.54 Å². The Labute approximate surface area is 175 Å². The highest BCUT2D eigenvalue weighted by molar-refractivity contribution is 5.92. The Kier molecular flexibility index (Phi) is 4.94. The first-order valence-electron chi connectivity index (χ1n) is 10.0. The maximum atomic E-state index is 12.1. The second kappa shape index (κ2) is 7.32. The molecule has 0 radical (unpaired) electrons. The van der Waals surface area contributed by atoms with Crippen LogP contribution in [0.2, 0.25) is 0 Å². The lowest BCUT2D eigenvalue weighted by atomic mass is 9.92. The Morgan fingerprint density at radius 1 is 1.13 bits per heavy atom. The van der Waals surface area contributed by atoms with E-state index in [0.29, 0.717) is 17.9 Å². The van der Waals surface area contributed by atoms with E-state index >= 15 is 0 Å². The zero-order valence-electron chi connectivity index (χ0n) is 17.9. The van der Waals surface area contributed by atoms with Crippen molar-refractivity contribution >= 4 is 16.7 Å². The minimum absolute atomic E-state index is 0.0437. The smallest absolute Gasteiger partial charge is 0.340 e. The molecule has 4 rings (SSSR count). The van der Waals surface area contributed by atoms with Crippen LogP contribution in [0.1, 0.15) is 66.6 Å². The van der Waals surface area contributed by atoms with Crippen LogP contribution in [-0.4, -0.2) is 34.1 Å². The van der Waals surface area contributed by atoms with E-state index in [-0.39, 0.29) is 18.0 Å². The van der Waals surface area contributed by atoms with Gasteiger partial charge < -0.3 is 15.2 Å². The summed E-state index contributed by atoms with van der Waals surface area (Å²) in [6.45, 7) is 7.81. The van der Waals surface area contributed by atoms with Crippen molar-refractivity contribution in [3.8, 4) is 5.88 Å². The predicted octanol–water partition coefficient (Wildman–Crippen LogP) is 3.48. The van der Waals surface area contributed by atoms with Gasteiger partial charge in [0.25, 0.3) is 0 Å². The monoisotopic (exact) mass is 406 g/mol. The fourth-order valence-electron chi connectivity index (χ4n) is 3.80. The van der Waals surface area contributed by atoms with Gasteiger partial charge in [0, 0.05) is 41.7 Å². The first-order valence-corrected chi connectivity index (χ1v) is 10.0. The van der Waals surface area contributed by atoms with Crippen molar-refractivity contribution in [2.24, 2.45) is 5.73 Å². The van der Waals surface area contributed by atoms with E-state index in [1.807, 2.05) is 39.8 Å². The summed E-state index contributed by atoms with van der Waals surface area (Å²) in [6, 6.07) is 5.67. The Morgan fingerprint density at radius 3 is 2.60 bits per heavy atom. The van der Waals surface area contributed by atoms with Gasteiger partial charge in [0.1, 0.15) is 6.10 Å². The number of hydrogen-bond donors (Lipinski definition) is 1. The number of nitrogens with zero attached hydrogens (tertiary/aromatic N) is 3. The topological polar surface area (TPSA) is 100 Å². The van der Waals surface area contributed by atoms with Crippen LogP contribution in [0.5, 0.6) is 5.88 Å². The summed E-state index contributed by atoms with van der Waals surface area (Å²) in [6.07, 6.45) is 3.87. The molecule has 3 aromatic heterocycles. The molecule has 0 amide bonds. The largest absolute Gasteiger partial charge is 0.481 e. The molecule has 0 unspecified atom stereocenters. The molecule has 7 nitrogen and oxygen atoms in total. The Hall–Kier alpha value is -3.06. The van der Waals surface area contributed by atoms with Gasteiger partial charge in [-0.2, -0.15) is 0 Å². The molecule has 4 heterocycles. The fourth-order valence-corrected chi connectivity index (χ4v) is 3.80. The highest BCUT2D eigenvalue weighted by atomic mass is 16.5. The first kappa shape index (κ1) is 20.2. The molecule has 2 atom stereocenters. The van der Waals surface area contributed by atoms with Gasteiger partial charge in [-0.3, -0.25) is 9.97 Å². The number of carbonyl (C=O) groups excluding carboxylic acids is 1. The fraction of sp³-hybridized carbons (Fsp3) is 0.391. The van der Waals surface area contributed by atoms with Crippen molar-refractivity contribution in [1.29, 1.82) is 0 Å². The lowest BCUT2D eigenvalue weighted by Gasteiger charge is -2.27. The predicted molar refractivity (Wildman–Crippen MR) is 114 cm³/mol. The molecule has 156 valence electrons. The van der Waals surface area contributed by atoms with E-state index in [1.165, 1.54) is 0 Å². The molecule has 0 saturated heterocycles. The molecule has 0 aliphatic carbocycles. The lowest BCUT2D eigenvalue weighted by Crippen LogP contribution is -2.29.